The maximum absolute atomic E-state index is 12.8. The fraction of sp³-hybridized carbons (Fsp3) is 0.500. The highest BCUT2D eigenvalue weighted by molar-refractivity contribution is 7.92. The van der Waals surface area contributed by atoms with E-state index in [1.807, 2.05) is 0 Å². The highest BCUT2D eigenvalue weighted by atomic mass is 35.5. The third kappa shape index (κ3) is 3.73. The Hall–Kier alpha value is -2.00. The first-order valence-electron chi connectivity index (χ1n) is 8.19. The molecule has 1 aromatic rings. The molecule has 2 amide bonds. The second-order valence-electron chi connectivity index (χ2n) is 6.51. The van der Waals surface area contributed by atoms with Crippen molar-refractivity contribution in [2.24, 2.45) is 11.7 Å². The fourth-order valence-corrected chi connectivity index (χ4v) is 4.33. The van der Waals surface area contributed by atoms with Crippen LogP contribution < -0.4 is 14.8 Å². The molecule has 0 saturated carbocycles. The quantitative estimate of drug-likeness (QED) is 0.797. The summed E-state index contributed by atoms with van der Waals surface area (Å²) in [5.41, 5.74) is 5.63. The molecule has 3 rings (SSSR count). The van der Waals surface area contributed by atoms with Gasteiger partial charge in [-0.25, -0.2) is 8.42 Å². The highest BCUT2D eigenvalue weighted by Gasteiger charge is 2.38. The van der Waals surface area contributed by atoms with E-state index in [4.69, 9.17) is 22.1 Å². The third-order valence-electron chi connectivity index (χ3n) is 4.68. The number of ether oxygens (including phenoxy) is 1. The lowest BCUT2D eigenvalue weighted by Crippen LogP contribution is -2.53. The summed E-state index contributed by atoms with van der Waals surface area (Å²) in [4.78, 5) is 25.7. The second-order valence-corrected chi connectivity index (χ2v) is 8.86. The molecule has 26 heavy (non-hydrogen) atoms. The van der Waals surface area contributed by atoms with Crippen LogP contribution in [0.3, 0.4) is 0 Å². The number of anilines is 1. The molecule has 2 aliphatic rings. The lowest BCUT2D eigenvalue weighted by molar-refractivity contribution is -0.141. The van der Waals surface area contributed by atoms with Gasteiger partial charge in [-0.2, -0.15) is 0 Å². The summed E-state index contributed by atoms with van der Waals surface area (Å²) in [7, 11) is -3.61. The predicted molar refractivity (Wildman–Crippen MR) is 96.6 cm³/mol. The molecule has 2 aliphatic heterocycles. The largest absolute Gasteiger partial charge is 0.476 e. The van der Waals surface area contributed by atoms with Crippen LogP contribution in [0.15, 0.2) is 18.2 Å². The number of benzene rings is 1. The number of nitrogens with zero attached hydrogens (tertiary/aromatic N) is 2. The minimum atomic E-state index is -3.61. The number of rotatable bonds is 3. The van der Waals surface area contributed by atoms with Crippen molar-refractivity contribution < 1.29 is 22.7 Å². The van der Waals surface area contributed by atoms with Crippen LogP contribution in [0.1, 0.15) is 12.8 Å². The summed E-state index contributed by atoms with van der Waals surface area (Å²) in [5.74, 6) is -0.611. The van der Waals surface area contributed by atoms with Gasteiger partial charge >= 0.3 is 0 Å². The molecule has 0 bridgehead atoms. The topological polar surface area (TPSA) is 110 Å². The minimum absolute atomic E-state index is 0.124. The van der Waals surface area contributed by atoms with Gasteiger partial charge in [0.25, 0.3) is 5.91 Å². The predicted octanol–water partition coefficient (Wildman–Crippen LogP) is 0.591. The summed E-state index contributed by atoms with van der Waals surface area (Å²) in [6, 6.07) is 4.62. The van der Waals surface area contributed by atoms with Crippen molar-refractivity contribution in [1.29, 1.82) is 0 Å². The van der Waals surface area contributed by atoms with Gasteiger partial charge in [-0.15, -0.1) is 0 Å². The Labute approximate surface area is 156 Å². The number of sulfonamides is 1. The molecular formula is C16H20ClN3O5S. The first-order valence-corrected chi connectivity index (χ1v) is 10.4. The van der Waals surface area contributed by atoms with Gasteiger partial charge in [0.05, 0.1) is 18.5 Å². The standard InChI is InChI=1S/C16H20ClN3O5S/c1-26(23,24)20-9-14(25-13-3-2-11(17)8-12(13)20)16(22)19-6-4-10(5-7-19)15(18)21/h2-3,8,10,14H,4-7,9H2,1H3,(H2,18,21). The summed E-state index contributed by atoms with van der Waals surface area (Å²) < 4.78 is 31.2. The van der Waals surface area contributed by atoms with Gasteiger partial charge in [-0.05, 0) is 31.0 Å². The van der Waals surface area contributed by atoms with Crippen molar-refractivity contribution in [3.63, 3.8) is 0 Å². The Morgan fingerprint density at radius 3 is 2.50 bits per heavy atom. The Kier molecular flexibility index (Phi) is 5.03. The number of nitrogens with two attached hydrogens (primary N) is 1. The SMILES string of the molecule is CS(=O)(=O)N1CC(C(=O)N2CCC(C(N)=O)CC2)Oc2ccc(Cl)cc21. The Bertz CT molecular complexity index is 836. The number of hydrogen-bond donors (Lipinski definition) is 1. The first-order chi connectivity index (χ1) is 12.2. The number of carbonyl (C=O) groups is 2. The molecule has 8 nitrogen and oxygen atoms in total. The summed E-state index contributed by atoms with van der Waals surface area (Å²) in [6.45, 7) is 0.651. The smallest absolute Gasteiger partial charge is 0.265 e. The van der Waals surface area contributed by atoms with E-state index >= 15 is 0 Å². The van der Waals surface area contributed by atoms with Crippen molar-refractivity contribution in [2.75, 3.05) is 30.2 Å². The van der Waals surface area contributed by atoms with Crippen LogP contribution in [0.25, 0.3) is 0 Å². The normalized spacial score (nSPS) is 21.1. The number of amides is 2. The Morgan fingerprint density at radius 2 is 1.92 bits per heavy atom. The molecule has 0 spiro atoms. The van der Waals surface area contributed by atoms with E-state index in [2.05, 4.69) is 0 Å². The number of hydrogen-bond acceptors (Lipinski definition) is 5. The molecule has 1 aromatic carbocycles. The summed E-state index contributed by atoms with van der Waals surface area (Å²) in [5, 5.41) is 0.374. The molecule has 142 valence electrons. The molecule has 1 fully saturated rings. The lowest BCUT2D eigenvalue weighted by atomic mass is 9.96. The molecule has 1 unspecified atom stereocenters. The maximum atomic E-state index is 12.8. The molecule has 1 atom stereocenters. The van der Waals surface area contributed by atoms with Crippen molar-refractivity contribution in [3.8, 4) is 5.75 Å². The average molecular weight is 402 g/mol. The van der Waals surface area contributed by atoms with Gasteiger partial charge < -0.3 is 15.4 Å². The van der Waals surface area contributed by atoms with Crippen LogP contribution in [0.2, 0.25) is 5.02 Å². The number of piperidine rings is 1. The van der Waals surface area contributed by atoms with Crippen molar-refractivity contribution in [3.05, 3.63) is 23.2 Å². The van der Waals surface area contributed by atoms with Crippen LogP contribution in [-0.2, 0) is 19.6 Å². The van der Waals surface area contributed by atoms with E-state index < -0.39 is 16.1 Å². The van der Waals surface area contributed by atoms with Gasteiger partial charge in [0.2, 0.25) is 15.9 Å². The zero-order valence-electron chi connectivity index (χ0n) is 14.2. The third-order valence-corrected chi connectivity index (χ3v) is 6.06. The van der Waals surface area contributed by atoms with Gasteiger partial charge in [0.15, 0.2) is 6.10 Å². The van der Waals surface area contributed by atoms with Crippen LogP contribution in [0.5, 0.6) is 5.75 Å². The van der Waals surface area contributed by atoms with Crippen molar-refractivity contribution in [2.45, 2.75) is 18.9 Å². The van der Waals surface area contributed by atoms with E-state index in [1.54, 1.807) is 17.0 Å². The zero-order chi connectivity index (χ0) is 19.1. The summed E-state index contributed by atoms with van der Waals surface area (Å²) in [6.07, 6.45) is 1.11. The molecule has 1 saturated heterocycles. The molecular weight excluding hydrogens is 382 g/mol. The van der Waals surface area contributed by atoms with Gasteiger partial charge in [-0.1, -0.05) is 11.6 Å². The second kappa shape index (κ2) is 6.96. The van der Waals surface area contributed by atoms with Crippen molar-refractivity contribution in [1.82, 2.24) is 4.90 Å². The van der Waals surface area contributed by atoms with Crippen LogP contribution >= 0.6 is 11.6 Å². The van der Waals surface area contributed by atoms with Crippen molar-refractivity contribution >= 4 is 39.1 Å². The summed E-state index contributed by atoms with van der Waals surface area (Å²) >= 11 is 5.96. The first kappa shape index (κ1) is 18.8. The van der Waals surface area contributed by atoms with Gasteiger partial charge in [0, 0.05) is 24.0 Å². The fourth-order valence-electron chi connectivity index (χ4n) is 3.26. The number of halogens is 1. The minimum Gasteiger partial charge on any atom is -0.476 e. The lowest BCUT2D eigenvalue weighted by Gasteiger charge is -2.38. The molecule has 0 aliphatic carbocycles. The maximum Gasteiger partial charge on any atom is 0.265 e. The highest BCUT2D eigenvalue weighted by Crippen LogP contribution is 2.37. The van der Waals surface area contributed by atoms with Crippen LogP contribution in [0.4, 0.5) is 5.69 Å². The number of carbonyl (C=O) groups excluding carboxylic acids is 2. The van der Waals surface area contributed by atoms with E-state index in [-0.39, 0.29) is 30.0 Å². The molecule has 2 N–H and O–H groups in total. The number of fused-ring (bicyclic) bond motifs is 1. The molecule has 0 radical (unpaired) electrons. The Balaban J connectivity index is 1.80. The molecule has 0 aromatic heterocycles. The Morgan fingerprint density at radius 1 is 1.27 bits per heavy atom. The van der Waals surface area contributed by atoms with Crippen LogP contribution in [-0.4, -0.2) is 57.1 Å². The zero-order valence-corrected chi connectivity index (χ0v) is 15.8. The van der Waals surface area contributed by atoms with E-state index in [1.165, 1.54) is 6.07 Å². The van der Waals surface area contributed by atoms with E-state index in [9.17, 15) is 18.0 Å². The van der Waals surface area contributed by atoms with Crippen LogP contribution in [0, 0.1) is 5.92 Å². The molecule has 10 heteroatoms. The number of primary amides is 1. The van der Waals surface area contributed by atoms with Gasteiger partial charge in [-0.3, -0.25) is 13.9 Å². The number of likely N-dealkylation sites (tertiary alicyclic amines) is 1. The van der Waals surface area contributed by atoms with E-state index in [0.29, 0.717) is 36.6 Å². The van der Waals surface area contributed by atoms with E-state index in [0.717, 1.165) is 10.6 Å². The monoisotopic (exact) mass is 401 g/mol. The average Bonchev–Trinajstić information content (AvgIpc) is 2.59. The van der Waals surface area contributed by atoms with Gasteiger partial charge in [0.1, 0.15) is 5.75 Å². The molecule has 2 heterocycles.